The summed E-state index contributed by atoms with van der Waals surface area (Å²) < 4.78 is 3.43. The van der Waals surface area contributed by atoms with E-state index in [4.69, 9.17) is 28.3 Å². The highest BCUT2D eigenvalue weighted by Gasteiger charge is 2.13. The molecule has 184 valence electrons. The van der Waals surface area contributed by atoms with E-state index in [1.165, 1.54) is 0 Å². The number of hydrogen-bond donors (Lipinski definition) is 1. The number of aromatic nitrogens is 4. The fourth-order valence-electron chi connectivity index (χ4n) is 3.82. The summed E-state index contributed by atoms with van der Waals surface area (Å²) in [6.07, 6.45) is 5.18. The molecule has 0 saturated carbocycles. The zero-order valence-electron chi connectivity index (χ0n) is 19.8. The number of rotatable bonds is 7. The summed E-state index contributed by atoms with van der Waals surface area (Å²) in [5.74, 6) is -0.426. The molecule has 5 rings (SSSR count). The summed E-state index contributed by atoms with van der Waals surface area (Å²) in [5, 5.41) is 14.4. The highest BCUT2D eigenvalue weighted by molar-refractivity contribution is 6.35. The third-order valence-corrected chi connectivity index (χ3v) is 6.23. The molecule has 0 spiro atoms. The molecule has 1 N–H and O–H groups in total. The summed E-state index contributed by atoms with van der Waals surface area (Å²) in [5.41, 5.74) is 8.17. The minimum Gasteiger partial charge on any atom is -0.267 e. The van der Waals surface area contributed by atoms with Crippen LogP contribution in [-0.4, -0.2) is 31.7 Å². The molecule has 0 radical (unpaired) electrons. The number of para-hydroxylation sites is 1. The molecular formula is C28H22Cl2N6O. The number of amides is 1. The number of halogens is 2. The van der Waals surface area contributed by atoms with E-state index in [1.54, 1.807) is 40.0 Å². The Labute approximate surface area is 224 Å². The molecule has 0 saturated heterocycles. The molecule has 9 heteroatoms. The van der Waals surface area contributed by atoms with Gasteiger partial charge in [0.2, 0.25) is 0 Å². The molecule has 0 aliphatic carbocycles. The van der Waals surface area contributed by atoms with Gasteiger partial charge in [-0.3, -0.25) is 9.48 Å². The highest BCUT2D eigenvalue weighted by Crippen LogP contribution is 2.24. The maximum Gasteiger partial charge on any atom is 0.291 e. The van der Waals surface area contributed by atoms with Gasteiger partial charge >= 0.3 is 0 Å². The lowest BCUT2D eigenvalue weighted by atomic mass is 10.1. The largest absolute Gasteiger partial charge is 0.291 e. The van der Waals surface area contributed by atoms with E-state index in [9.17, 15) is 4.79 Å². The molecule has 5 aromatic rings. The van der Waals surface area contributed by atoms with Crippen LogP contribution in [0.2, 0.25) is 10.0 Å². The van der Waals surface area contributed by atoms with Gasteiger partial charge in [-0.25, -0.2) is 10.1 Å². The molecule has 37 heavy (non-hydrogen) atoms. The van der Waals surface area contributed by atoms with Gasteiger partial charge in [-0.2, -0.15) is 15.3 Å². The molecule has 0 aliphatic heterocycles. The van der Waals surface area contributed by atoms with E-state index in [1.807, 2.05) is 67.7 Å². The van der Waals surface area contributed by atoms with Crippen molar-refractivity contribution in [1.82, 2.24) is 25.0 Å². The molecule has 0 fully saturated rings. The number of benzene rings is 3. The first-order valence-corrected chi connectivity index (χ1v) is 12.2. The minimum absolute atomic E-state index is 0.237. The number of hydrazone groups is 1. The SMILES string of the molecule is Cc1cccc(-c2nn(-c3ccccc3)cc2/C=N/NC(=O)c2ccn(Cc3ccc(Cl)cc3Cl)n2)c1. The quantitative estimate of drug-likeness (QED) is 0.203. The normalized spacial score (nSPS) is 11.2. The second-order valence-electron chi connectivity index (χ2n) is 8.42. The van der Waals surface area contributed by atoms with Crippen molar-refractivity contribution < 1.29 is 4.79 Å². The Morgan fingerprint density at radius 2 is 1.84 bits per heavy atom. The Kier molecular flexibility index (Phi) is 7.16. The van der Waals surface area contributed by atoms with Crippen LogP contribution < -0.4 is 5.43 Å². The maximum atomic E-state index is 12.7. The van der Waals surface area contributed by atoms with E-state index in [2.05, 4.69) is 21.7 Å². The zero-order chi connectivity index (χ0) is 25.8. The second kappa shape index (κ2) is 10.8. The van der Waals surface area contributed by atoms with Crippen LogP contribution in [0.25, 0.3) is 16.9 Å². The number of nitrogens with zero attached hydrogens (tertiary/aromatic N) is 5. The third kappa shape index (κ3) is 5.80. The molecule has 0 unspecified atom stereocenters. The average molecular weight is 529 g/mol. The van der Waals surface area contributed by atoms with Crippen molar-refractivity contribution in [1.29, 1.82) is 0 Å². The van der Waals surface area contributed by atoms with Gasteiger partial charge in [-0.15, -0.1) is 0 Å². The molecule has 2 heterocycles. The Morgan fingerprint density at radius 3 is 2.62 bits per heavy atom. The van der Waals surface area contributed by atoms with Gasteiger partial charge in [0.05, 0.1) is 18.4 Å². The Hall–Kier alpha value is -4.20. The van der Waals surface area contributed by atoms with Crippen molar-refractivity contribution in [3.63, 3.8) is 0 Å². The fourth-order valence-corrected chi connectivity index (χ4v) is 4.29. The van der Waals surface area contributed by atoms with Crippen LogP contribution in [0.4, 0.5) is 0 Å². The number of carbonyl (C=O) groups excluding carboxylic acids is 1. The molecule has 0 atom stereocenters. The minimum atomic E-state index is -0.426. The smallest absolute Gasteiger partial charge is 0.267 e. The first-order chi connectivity index (χ1) is 18.0. The van der Waals surface area contributed by atoms with Crippen LogP contribution in [0.1, 0.15) is 27.2 Å². The Balaban J connectivity index is 1.33. The molecule has 1 amide bonds. The van der Waals surface area contributed by atoms with Crippen molar-refractivity contribution in [3.8, 4) is 16.9 Å². The standard InChI is InChI=1S/C28H22Cl2N6O/c1-19-6-5-7-20(14-19)27-22(18-36(34-27)24-8-3-2-4-9-24)16-31-32-28(37)26-12-13-35(33-26)17-21-10-11-23(29)15-25(21)30/h2-16,18H,17H2,1H3,(H,32,37)/b31-16+. The van der Waals surface area contributed by atoms with Crippen molar-refractivity contribution in [3.05, 3.63) is 124 Å². The third-order valence-electron chi connectivity index (χ3n) is 5.65. The van der Waals surface area contributed by atoms with Crippen LogP contribution in [-0.2, 0) is 6.54 Å². The van der Waals surface area contributed by atoms with E-state index < -0.39 is 5.91 Å². The van der Waals surface area contributed by atoms with Gasteiger partial charge in [0.15, 0.2) is 5.69 Å². The first kappa shape index (κ1) is 24.5. The van der Waals surface area contributed by atoms with Crippen LogP contribution >= 0.6 is 23.2 Å². The van der Waals surface area contributed by atoms with Gasteiger partial charge in [0.25, 0.3) is 5.91 Å². The van der Waals surface area contributed by atoms with Gasteiger partial charge < -0.3 is 0 Å². The van der Waals surface area contributed by atoms with Gasteiger partial charge in [-0.05, 0) is 48.9 Å². The highest BCUT2D eigenvalue weighted by atomic mass is 35.5. The molecule has 0 bridgehead atoms. The predicted molar refractivity (Wildman–Crippen MR) is 147 cm³/mol. The second-order valence-corrected chi connectivity index (χ2v) is 9.26. The molecule has 2 aromatic heterocycles. The van der Waals surface area contributed by atoms with Crippen molar-refractivity contribution in [2.45, 2.75) is 13.5 Å². The summed E-state index contributed by atoms with van der Waals surface area (Å²) in [4.78, 5) is 12.7. The molecule has 7 nitrogen and oxygen atoms in total. The van der Waals surface area contributed by atoms with E-state index >= 15 is 0 Å². The number of hydrogen-bond acceptors (Lipinski definition) is 4. The lowest BCUT2D eigenvalue weighted by Crippen LogP contribution is -2.18. The van der Waals surface area contributed by atoms with Crippen LogP contribution in [0.3, 0.4) is 0 Å². The predicted octanol–water partition coefficient (Wildman–Crippen LogP) is 6.16. The van der Waals surface area contributed by atoms with Crippen LogP contribution in [0, 0.1) is 6.92 Å². The summed E-state index contributed by atoms with van der Waals surface area (Å²) in [6.45, 7) is 2.44. The maximum absolute atomic E-state index is 12.7. The Morgan fingerprint density at radius 1 is 1.00 bits per heavy atom. The summed E-state index contributed by atoms with van der Waals surface area (Å²) in [7, 11) is 0. The monoisotopic (exact) mass is 528 g/mol. The van der Waals surface area contributed by atoms with E-state index in [0.29, 0.717) is 16.6 Å². The van der Waals surface area contributed by atoms with Gasteiger partial charge in [-0.1, -0.05) is 71.2 Å². The number of carbonyl (C=O) groups is 1. The van der Waals surface area contributed by atoms with Gasteiger partial charge in [0.1, 0.15) is 5.69 Å². The van der Waals surface area contributed by atoms with E-state index in [-0.39, 0.29) is 5.69 Å². The lowest BCUT2D eigenvalue weighted by Gasteiger charge is -2.05. The van der Waals surface area contributed by atoms with E-state index in [0.717, 1.165) is 33.6 Å². The first-order valence-electron chi connectivity index (χ1n) is 11.5. The fraction of sp³-hybridized carbons (Fsp3) is 0.0714. The summed E-state index contributed by atoms with van der Waals surface area (Å²) in [6, 6.07) is 24.8. The average Bonchev–Trinajstić information content (AvgIpc) is 3.54. The van der Waals surface area contributed by atoms with Crippen molar-refractivity contribution >= 4 is 35.3 Å². The van der Waals surface area contributed by atoms with Crippen LogP contribution in [0.5, 0.6) is 0 Å². The topological polar surface area (TPSA) is 77.1 Å². The molecular weight excluding hydrogens is 507 g/mol. The van der Waals surface area contributed by atoms with Gasteiger partial charge in [0, 0.05) is 33.6 Å². The summed E-state index contributed by atoms with van der Waals surface area (Å²) >= 11 is 12.2. The number of nitrogens with one attached hydrogen (secondary N) is 1. The van der Waals surface area contributed by atoms with Crippen LogP contribution in [0.15, 0.2) is 96.4 Å². The lowest BCUT2D eigenvalue weighted by molar-refractivity contribution is 0.0949. The zero-order valence-corrected chi connectivity index (χ0v) is 21.4. The molecule has 0 aliphatic rings. The molecule has 3 aromatic carbocycles. The Bertz CT molecular complexity index is 1590. The van der Waals surface area contributed by atoms with Crippen molar-refractivity contribution in [2.24, 2.45) is 5.10 Å². The van der Waals surface area contributed by atoms with Crippen molar-refractivity contribution in [2.75, 3.05) is 0 Å². The number of aryl methyl sites for hydroxylation is 1.